The summed E-state index contributed by atoms with van der Waals surface area (Å²) < 4.78 is 13.8. The molecular formula is C9H5FN2S. The highest BCUT2D eigenvalue weighted by atomic mass is 32.1. The first kappa shape index (κ1) is 8.02. The Bertz CT molecular complexity index is 510. The van der Waals surface area contributed by atoms with E-state index in [4.69, 9.17) is 11.0 Å². The van der Waals surface area contributed by atoms with Gasteiger partial charge in [0.2, 0.25) is 0 Å². The summed E-state index contributed by atoms with van der Waals surface area (Å²) in [5.74, 6) is -0.316. The molecule has 1 heterocycles. The van der Waals surface area contributed by atoms with Crippen molar-refractivity contribution in [1.29, 1.82) is 5.26 Å². The Morgan fingerprint density at radius 3 is 2.92 bits per heavy atom. The third-order valence-corrected chi connectivity index (χ3v) is 2.80. The minimum Gasteiger partial charge on any atom is -0.398 e. The molecule has 0 aliphatic heterocycles. The maximum Gasteiger partial charge on any atom is 0.141 e. The Hall–Kier alpha value is -1.60. The van der Waals surface area contributed by atoms with Gasteiger partial charge in [-0.2, -0.15) is 5.26 Å². The van der Waals surface area contributed by atoms with E-state index >= 15 is 0 Å². The summed E-state index contributed by atoms with van der Waals surface area (Å²) in [4.78, 5) is 0. The topological polar surface area (TPSA) is 49.8 Å². The van der Waals surface area contributed by atoms with Crippen LogP contribution in [0.5, 0.6) is 0 Å². The molecule has 0 bridgehead atoms. The highest BCUT2D eigenvalue weighted by Crippen LogP contribution is 2.30. The number of nitrogen functional groups attached to an aromatic ring is 1. The van der Waals surface area contributed by atoms with Gasteiger partial charge in [0, 0.05) is 10.8 Å². The number of anilines is 1. The van der Waals surface area contributed by atoms with Crippen LogP contribution in [-0.2, 0) is 0 Å². The molecule has 4 heteroatoms. The van der Waals surface area contributed by atoms with Crippen molar-refractivity contribution in [3.05, 3.63) is 28.9 Å². The predicted octanol–water partition coefficient (Wildman–Crippen LogP) is 2.49. The van der Waals surface area contributed by atoms with Gasteiger partial charge in [-0.1, -0.05) is 0 Å². The quantitative estimate of drug-likeness (QED) is 0.652. The van der Waals surface area contributed by atoms with Crippen LogP contribution in [0.15, 0.2) is 17.5 Å². The predicted molar refractivity (Wildman–Crippen MR) is 50.9 cm³/mol. The molecule has 0 saturated carbocycles. The van der Waals surface area contributed by atoms with E-state index in [-0.39, 0.29) is 5.82 Å². The van der Waals surface area contributed by atoms with Gasteiger partial charge in [-0.3, -0.25) is 0 Å². The number of halogens is 1. The zero-order valence-electron chi connectivity index (χ0n) is 6.54. The lowest BCUT2D eigenvalue weighted by molar-refractivity contribution is 0.644. The lowest BCUT2D eigenvalue weighted by Gasteiger charge is -1.96. The fraction of sp³-hybridized carbons (Fsp3) is 0. The van der Waals surface area contributed by atoms with E-state index in [1.807, 2.05) is 6.07 Å². The summed E-state index contributed by atoms with van der Waals surface area (Å²) in [6.45, 7) is 0. The van der Waals surface area contributed by atoms with Crippen molar-refractivity contribution < 1.29 is 4.39 Å². The molecule has 0 unspecified atom stereocenters. The third kappa shape index (κ3) is 1.14. The molecule has 2 rings (SSSR count). The van der Waals surface area contributed by atoms with Crippen LogP contribution in [0.25, 0.3) is 10.1 Å². The smallest absolute Gasteiger partial charge is 0.141 e. The Morgan fingerprint density at radius 2 is 2.23 bits per heavy atom. The van der Waals surface area contributed by atoms with Gasteiger partial charge in [0.15, 0.2) is 0 Å². The van der Waals surface area contributed by atoms with Crippen LogP contribution in [0.1, 0.15) is 5.56 Å². The van der Waals surface area contributed by atoms with Gasteiger partial charge in [-0.05, 0) is 12.1 Å². The van der Waals surface area contributed by atoms with Crippen LogP contribution in [0.4, 0.5) is 10.1 Å². The standard InChI is InChI=1S/C9H5FN2S/c10-7-4-13-9-6(7)1-5(3-11)2-8(9)12/h1-2,4H,12H2. The first-order chi connectivity index (χ1) is 6.22. The third-order valence-electron chi connectivity index (χ3n) is 1.78. The highest BCUT2D eigenvalue weighted by Gasteiger charge is 2.07. The van der Waals surface area contributed by atoms with Crippen molar-refractivity contribution in [2.75, 3.05) is 5.73 Å². The summed E-state index contributed by atoms with van der Waals surface area (Å²) in [6.07, 6.45) is 0. The van der Waals surface area contributed by atoms with Gasteiger partial charge < -0.3 is 5.73 Å². The Labute approximate surface area is 78.0 Å². The van der Waals surface area contributed by atoms with Crippen molar-refractivity contribution in [2.24, 2.45) is 0 Å². The molecule has 1 aromatic carbocycles. The van der Waals surface area contributed by atoms with E-state index in [0.29, 0.717) is 21.3 Å². The van der Waals surface area contributed by atoms with Crippen LogP contribution in [0, 0.1) is 17.1 Å². The molecule has 0 spiro atoms. The molecule has 0 radical (unpaired) electrons. The molecule has 0 aliphatic carbocycles. The molecule has 13 heavy (non-hydrogen) atoms. The van der Waals surface area contributed by atoms with E-state index < -0.39 is 0 Å². The normalized spacial score (nSPS) is 10.2. The molecule has 0 aliphatic rings. The van der Waals surface area contributed by atoms with E-state index in [9.17, 15) is 4.39 Å². The number of nitriles is 1. The second-order valence-electron chi connectivity index (χ2n) is 2.64. The van der Waals surface area contributed by atoms with Gasteiger partial charge in [0.1, 0.15) is 5.82 Å². The van der Waals surface area contributed by atoms with Gasteiger partial charge in [0.25, 0.3) is 0 Å². The van der Waals surface area contributed by atoms with Crippen molar-refractivity contribution >= 4 is 27.1 Å². The number of nitrogens with zero attached hydrogens (tertiary/aromatic N) is 1. The number of nitrogens with two attached hydrogens (primary N) is 1. The minimum atomic E-state index is -0.316. The fourth-order valence-electron chi connectivity index (χ4n) is 1.20. The van der Waals surface area contributed by atoms with E-state index in [1.165, 1.54) is 22.8 Å². The van der Waals surface area contributed by atoms with Crippen LogP contribution in [-0.4, -0.2) is 0 Å². The monoisotopic (exact) mass is 192 g/mol. The zero-order chi connectivity index (χ0) is 9.42. The van der Waals surface area contributed by atoms with Crippen molar-refractivity contribution in [2.45, 2.75) is 0 Å². The van der Waals surface area contributed by atoms with Crippen molar-refractivity contribution in [3.63, 3.8) is 0 Å². The van der Waals surface area contributed by atoms with Crippen molar-refractivity contribution in [3.8, 4) is 6.07 Å². The summed E-state index contributed by atoms with van der Waals surface area (Å²) >= 11 is 1.25. The minimum absolute atomic E-state index is 0.316. The molecule has 2 N–H and O–H groups in total. The van der Waals surface area contributed by atoms with E-state index in [0.717, 1.165) is 0 Å². The summed E-state index contributed by atoms with van der Waals surface area (Å²) in [7, 11) is 0. The second-order valence-corrected chi connectivity index (χ2v) is 3.52. The molecular weight excluding hydrogens is 187 g/mol. The molecule has 0 amide bonds. The van der Waals surface area contributed by atoms with E-state index in [2.05, 4.69) is 0 Å². The summed E-state index contributed by atoms with van der Waals surface area (Å²) in [6, 6.07) is 5.00. The van der Waals surface area contributed by atoms with Crippen LogP contribution < -0.4 is 5.73 Å². The number of rotatable bonds is 0. The largest absolute Gasteiger partial charge is 0.398 e. The Morgan fingerprint density at radius 1 is 1.46 bits per heavy atom. The van der Waals surface area contributed by atoms with Gasteiger partial charge in [-0.15, -0.1) is 11.3 Å². The molecule has 0 atom stereocenters. The van der Waals surface area contributed by atoms with Crippen molar-refractivity contribution in [1.82, 2.24) is 0 Å². The average Bonchev–Trinajstić information content (AvgIpc) is 2.48. The molecule has 0 fully saturated rings. The number of hydrogen-bond acceptors (Lipinski definition) is 3. The maximum absolute atomic E-state index is 13.1. The van der Waals surface area contributed by atoms with Crippen LogP contribution >= 0.6 is 11.3 Å². The maximum atomic E-state index is 13.1. The molecule has 1 aromatic heterocycles. The lowest BCUT2D eigenvalue weighted by atomic mass is 10.1. The second kappa shape index (κ2) is 2.71. The number of fused-ring (bicyclic) bond motifs is 1. The first-order valence-electron chi connectivity index (χ1n) is 3.58. The number of benzene rings is 1. The molecule has 2 nitrogen and oxygen atoms in total. The summed E-state index contributed by atoms with van der Waals surface area (Å²) in [5.41, 5.74) is 6.49. The zero-order valence-corrected chi connectivity index (χ0v) is 7.36. The van der Waals surface area contributed by atoms with Gasteiger partial charge >= 0.3 is 0 Å². The SMILES string of the molecule is N#Cc1cc(N)c2scc(F)c2c1. The average molecular weight is 192 g/mol. The molecule has 0 saturated heterocycles. The van der Waals surface area contributed by atoms with Gasteiger partial charge in [-0.25, -0.2) is 4.39 Å². The van der Waals surface area contributed by atoms with Crippen LogP contribution in [0.2, 0.25) is 0 Å². The summed E-state index contributed by atoms with van der Waals surface area (Å²) in [5, 5.41) is 10.4. The highest BCUT2D eigenvalue weighted by molar-refractivity contribution is 7.17. The van der Waals surface area contributed by atoms with Crippen LogP contribution in [0.3, 0.4) is 0 Å². The molecule has 2 aromatic rings. The number of thiophene rings is 1. The van der Waals surface area contributed by atoms with Gasteiger partial charge in [0.05, 0.1) is 22.0 Å². The Balaban J connectivity index is 2.90. The number of hydrogen-bond donors (Lipinski definition) is 1. The fourth-order valence-corrected chi connectivity index (χ4v) is 2.03. The Kier molecular flexibility index (Phi) is 1.67. The van der Waals surface area contributed by atoms with E-state index in [1.54, 1.807) is 6.07 Å². The lowest BCUT2D eigenvalue weighted by Crippen LogP contribution is -1.86. The molecule has 64 valence electrons. The first-order valence-corrected chi connectivity index (χ1v) is 4.46.